The molecule has 0 bridgehead atoms. The van der Waals surface area contributed by atoms with Crippen LogP contribution in [-0.2, 0) is 5.41 Å². The fraction of sp³-hybridized carbons (Fsp3) is 0.538. The van der Waals surface area contributed by atoms with E-state index in [0.717, 1.165) is 18.4 Å². The molecule has 1 aliphatic rings. The molecule has 2 rings (SSSR count). The Morgan fingerprint density at radius 3 is 2.28 bits per heavy atom. The molecule has 3 N–H and O–H groups in total. The smallest absolute Gasteiger partial charge is 0.271 e. The van der Waals surface area contributed by atoms with Gasteiger partial charge in [-0.1, -0.05) is 30.3 Å². The highest BCUT2D eigenvalue weighted by atomic mass is 19.4. The van der Waals surface area contributed by atoms with Crippen molar-refractivity contribution < 1.29 is 13.2 Å². The molecule has 0 saturated heterocycles. The normalized spacial score (nSPS) is 19.6. The molecule has 5 heteroatoms. The number of hydrogen-bond acceptors (Lipinski definition) is 2. The lowest BCUT2D eigenvalue weighted by Crippen LogP contribution is -2.44. The highest BCUT2D eigenvalue weighted by molar-refractivity contribution is 5.33. The number of halogens is 3. The van der Waals surface area contributed by atoms with Crippen LogP contribution in [0.4, 0.5) is 13.2 Å². The Morgan fingerprint density at radius 1 is 1.22 bits per heavy atom. The van der Waals surface area contributed by atoms with Crippen LogP contribution in [0.15, 0.2) is 30.3 Å². The van der Waals surface area contributed by atoms with Crippen molar-refractivity contribution in [2.45, 2.75) is 43.3 Å². The summed E-state index contributed by atoms with van der Waals surface area (Å²) < 4.78 is 36.9. The fourth-order valence-electron chi connectivity index (χ4n) is 2.57. The molecule has 2 nitrogen and oxygen atoms in total. The Labute approximate surface area is 104 Å². The molecule has 0 aliphatic heterocycles. The van der Waals surface area contributed by atoms with Crippen molar-refractivity contribution in [3.8, 4) is 0 Å². The van der Waals surface area contributed by atoms with Crippen molar-refractivity contribution in [1.82, 2.24) is 5.43 Å². The first-order chi connectivity index (χ1) is 8.48. The number of alkyl halides is 3. The summed E-state index contributed by atoms with van der Waals surface area (Å²) in [5.41, 5.74) is 3.45. The summed E-state index contributed by atoms with van der Waals surface area (Å²) in [6.45, 7) is 0. The van der Waals surface area contributed by atoms with E-state index >= 15 is 0 Å². The monoisotopic (exact) mass is 258 g/mol. The second kappa shape index (κ2) is 4.90. The second-order valence-electron chi connectivity index (χ2n) is 4.90. The van der Waals surface area contributed by atoms with Crippen LogP contribution in [-0.4, -0.2) is 12.2 Å². The van der Waals surface area contributed by atoms with E-state index < -0.39 is 12.6 Å². The molecule has 1 aromatic carbocycles. The van der Waals surface area contributed by atoms with E-state index in [0.29, 0.717) is 0 Å². The maximum absolute atomic E-state index is 12.3. The third-order valence-corrected chi connectivity index (χ3v) is 3.72. The highest BCUT2D eigenvalue weighted by Gasteiger charge is 2.50. The zero-order valence-corrected chi connectivity index (χ0v) is 10.0. The molecule has 1 fully saturated rings. The Morgan fingerprint density at radius 2 is 1.83 bits per heavy atom. The Bertz CT molecular complexity index is 385. The van der Waals surface area contributed by atoms with Crippen molar-refractivity contribution in [1.29, 1.82) is 0 Å². The van der Waals surface area contributed by atoms with E-state index in [1.165, 1.54) is 0 Å². The zero-order chi connectivity index (χ0) is 13.2. The summed E-state index contributed by atoms with van der Waals surface area (Å²) in [5.74, 6) is 5.45. The van der Waals surface area contributed by atoms with Crippen LogP contribution < -0.4 is 11.3 Å². The maximum Gasteiger partial charge on any atom is 0.389 e. The van der Waals surface area contributed by atoms with E-state index in [1.54, 1.807) is 0 Å². The van der Waals surface area contributed by atoms with Gasteiger partial charge in [0.2, 0.25) is 0 Å². The summed E-state index contributed by atoms with van der Waals surface area (Å²) in [5, 5.41) is 0. The van der Waals surface area contributed by atoms with Gasteiger partial charge >= 0.3 is 6.18 Å². The number of rotatable bonds is 5. The van der Waals surface area contributed by atoms with Crippen LogP contribution in [0.1, 0.15) is 31.2 Å². The second-order valence-corrected chi connectivity index (χ2v) is 4.90. The molecule has 0 amide bonds. The molecular weight excluding hydrogens is 241 g/mol. The molecule has 1 aliphatic carbocycles. The van der Waals surface area contributed by atoms with Gasteiger partial charge in [0.25, 0.3) is 0 Å². The van der Waals surface area contributed by atoms with Crippen LogP contribution in [0.3, 0.4) is 0 Å². The van der Waals surface area contributed by atoms with Crippen molar-refractivity contribution in [3.63, 3.8) is 0 Å². The minimum absolute atomic E-state index is 0.0227. The summed E-state index contributed by atoms with van der Waals surface area (Å²) in [6, 6.07) is 9.33. The molecule has 0 aromatic heterocycles. The number of hydrogen-bond donors (Lipinski definition) is 2. The standard InChI is InChI=1S/C13H17F3N2/c14-13(15,16)7-6-11(18-17)12(8-9-12)10-4-2-1-3-5-10/h1-5,11,18H,6-9,17H2. The molecule has 18 heavy (non-hydrogen) atoms. The highest BCUT2D eigenvalue weighted by Crippen LogP contribution is 2.52. The van der Waals surface area contributed by atoms with Crippen LogP contribution in [0.25, 0.3) is 0 Å². The van der Waals surface area contributed by atoms with E-state index in [-0.39, 0.29) is 17.9 Å². The largest absolute Gasteiger partial charge is 0.389 e. The molecule has 0 radical (unpaired) electrons. The molecule has 0 spiro atoms. The van der Waals surface area contributed by atoms with Gasteiger partial charge in [0.15, 0.2) is 0 Å². The quantitative estimate of drug-likeness (QED) is 0.629. The van der Waals surface area contributed by atoms with Crippen LogP contribution in [0, 0.1) is 0 Å². The predicted molar refractivity (Wildman–Crippen MR) is 63.8 cm³/mol. The zero-order valence-electron chi connectivity index (χ0n) is 10.0. The minimum Gasteiger partial charge on any atom is -0.271 e. The molecule has 1 unspecified atom stereocenters. The Kier molecular flexibility index (Phi) is 3.64. The topological polar surface area (TPSA) is 38.0 Å². The minimum atomic E-state index is -4.12. The van der Waals surface area contributed by atoms with E-state index in [1.807, 2.05) is 30.3 Å². The number of hydrazine groups is 1. The Hall–Kier alpha value is -1.07. The van der Waals surface area contributed by atoms with Crippen molar-refractivity contribution in [2.75, 3.05) is 0 Å². The summed E-state index contributed by atoms with van der Waals surface area (Å²) in [7, 11) is 0. The summed E-state index contributed by atoms with van der Waals surface area (Å²) in [6.07, 6.45) is -3.11. The van der Waals surface area contributed by atoms with Crippen molar-refractivity contribution in [2.24, 2.45) is 5.84 Å². The van der Waals surface area contributed by atoms with Gasteiger partial charge in [-0.2, -0.15) is 13.2 Å². The third kappa shape index (κ3) is 2.84. The summed E-state index contributed by atoms with van der Waals surface area (Å²) >= 11 is 0. The molecule has 1 saturated carbocycles. The van der Waals surface area contributed by atoms with Crippen molar-refractivity contribution in [3.05, 3.63) is 35.9 Å². The molecule has 100 valence electrons. The van der Waals surface area contributed by atoms with E-state index in [2.05, 4.69) is 5.43 Å². The fourth-order valence-corrected chi connectivity index (χ4v) is 2.57. The van der Waals surface area contributed by atoms with Gasteiger partial charge in [0.05, 0.1) is 0 Å². The van der Waals surface area contributed by atoms with E-state index in [9.17, 15) is 13.2 Å². The maximum atomic E-state index is 12.3. The molecule has 1 aromatic rings. The molecule has 1 atom stereocenters. The third-order valence-electron chi connectivity index (χ3n) is 3.72. The van der Waals surface area contributed by atoms with Gasteiger partial charge in [-0.05, 0) is 24.8 Å². The van der Waals surface area contributed by atoms with Gasteiger partial charge in [-0.3, -0.25) is 11.3 Å². The first kappa shape index (κ1) is 13.4. The van der Waals surface area contributed by atoms with Crippen LogP contribution >= 0.6 is 0 Å². The predicted octanol–water partition coefficient (Wildman–Crippen LogP) is 2.89. The van der Waals surface area contributed by atoms with Gasteiger partial charge in [0, 0.05) is 17.9 Å². The van der Waals surface area contributed by atoms with Crippen molar-refractivity contribution >= 4 is 0 Å². The lowest BCUT2D eigenvalue weighted by molar-refractivity contribution is -0.137. The number of benzene rings is 1. The van der Waals surface area contributed by atoms with Gasteiger partial charge in [-0.15, -0.1) is 0 Å². The Balaban J connectivity index is 2.08. The first-order valence-electron chi connectivity index (χ1n) is 6.06. The van der Waals surface area contributed by atoms with Crippen LogP contribution in [0.2, 0.25) is 0 Å². The lowest BCUT2D eigenvalue weighted by atomic mass is 9.86. The van der Waals surface area contributed by atoms with Gasteiger partial charge in [-0.25, -0.2) is 0 Å². The SMILES string of the molecule is NNC(CCC(F)(F)F)C1(c2ccccc2)CC1. The molecular formula is C13H17F3N2. The van der Waals surface area contributed by atoms with Crippen LogP contribution in [0.5, 0.6) is 0 Å². The van der Waals surface area contributed by atoms with Gasteiger partial charge in [0.1, 0.15) is 0 Å². The average Bonchev–Trinajstić information content (AvgIpc) is 3.11. The summed E-state index contributed by atoms with van der Waals surface area (Å²) in [4.78, 5) is 0. The van der Waals surface area contributed by atoms with E-state index in [4.69, 9.17) is 5.84 Å². The molecule has 0 heterocycles. The first-order valence-corrected chi connectivity index (χ1v) is 6.06. The number of nitrogens with two attached hydrogens (primary N) is 1. The number of nitrogens with one attached hydrogen (secondary N) is 1. The average molecular weight is 258 g/mol. The lowest BCUT2D eigenvalue weighted by Gasteiger charge is -2.27. The van der Waals surface area contributed by atoms with Gasteiger partial charge < -0.3 is 0 Å².